The maximum atomic E-state index is 11.0. The van der Waals surface area contributed by atoms with Crippen molar-refractivity contribution in [3.63, 3.8) is 0 Å². The molecule has 0 spiro atoms. The summed E-state index contributed by atoms with van der Waals surface area (Å²) >= 11 is 0.136. The summed E-state index contributed by atoms with van der Waals surface area (Å²) in [4.78, 5) is 11.3. The first kappa shape index (κ1) is 9.08. The summed E-state index contributed by atoms with van der Waals surface area (Å²) in [6.45, 7) is 0. The van der Waals surface area contributed by atoms with Gasteiger partial charge in [0.25, 0.3) is 0 Å². The standard InChI is InChI=1S/C8H15NOSe/c1-11-8(10)9-7-5-3-2-4-6-7/h7H,2-6H2,1H3,(H,9,10). The summed E-state index contributed by atoms with van der Waals surface area (Å²) in [5, 5.41) is 3.06. The van der Waals surface area contributed by atoms with Crippen molar-refractivity contribution in [2.75, 3.05) is 0 Å². The fourth-order valence-electron chi connectivity index (χ4n) is 1.47. The Morgan fingerprint density at radius 2 is 2.00 bits per heavy atom. The van der Waals surface area contributed by atoms with E-state index in [4.69, 9.17) is 0 Å². The zero-order valence-electron chi connectivity index (χ0n) is 6.93. The number of carbonyl (C=O) groups is 1. The van der Waals surface area contributed by atoms with E-state index >= 15 is 0 Å². The quantitative estimate of drug-likeness (QED) is 0.706. The molecule has 0 atom stereocenters. The average molecular weight is 220 g/mol. The van der Waals surface area contributed by atoms with Gasteiger partial charge >= 0.3 is 73.8 Å². The van der Waals surface area contributed by atoms with Crippen molar-refractivity contribution in [1.29, 1.82) is 0 Å². The molecule has 0 aromatic rings. The van der Waals surface area contributed by atoms with Crippen LogP contribution in [0.25, 0.3) is 0 Å². The van der Waals surface area contributed by atoms with Crippen LogP contribution in [0.4, 0.5) is 4.79 Å². The molecule has 0 bridgehead atoms. The summed E-state index contributed by atoms with van der Waals surface area (Å²) in [7, 11) is 0. The van der Waals surface area contributed by atoms with E-state index in [1.165, 1.54) is 32.1 Å². The molecule has 1 rings (SSSR count). The van der Waals surface area contributed by atoms with E-state index in [9.17, 15) is 4.79 Å². The summed E-state index contributed by atoms with van der Waals surface area (Å²) in [6, 6.07) is 0.498. The monoisotopic (exact) mass is 221 g/mol. The Morgan fingerprint density at radius 3 is 2.55 bits per heavy atom. The molecule has 0 heterocycles. The molecule has 1 amide bonds. The molecule has 1 N–H and O–H groups in total. The molecule has 11 heavy (non-hydrogen) atoms. The van der Waals surface area contributed by atoms with Crippen molar-refractivity contribution in [2.45, 2.75) is 44.0 Å². The summed E-state index contributed by atoms with van der Waals surface area (Å²) in [5.41, 5.74) is 0. The molecule has 1 aliphatic rings. The molecule has 0 aromatic carbocycles. The van der Waals surface area contributed by atoms with Gasteiger partial charge in [-0.25, -0.2) is 0 Å². The van der Waals surface area contributed by atoms with Gasteiger partial charge in [0.2, 0.25) is 0 Å². The normalized spacial score (nSPS) is 19.7. The molecule has 2 nitrogen and oxygen atoms in total. The predicted octanol–water partition coefficient (Wildman–Crippen LogP) is 1.78. The Kier molecular flexibility index (Phi) is 3.95. The zero-order chi connectivity index (χ0) is 8.10. The van der Waals surface area contributed by atoms with Gasteiger partial charge in [-0.05, 0) is 0 Å². The van der Waals surface area contributed by atoms with Crippen molar-refractivity contribution in [2.24, 2.45) is 0 Å². The van der Waals surface area contributed by atoms with E-state index in [0.29, 0.717) is 6.04 Å². The minimum absolute atomic E-state index is 0.136. The third kappa shape index (κ3) is 3.26. The van der Waals surface area contributed by atoms with Crippen LogP contribution in [0.1, 0.15) is 32.1 Å². The minimum atomic E-state index is 0.136. The van der Waals surface area contributed by atoms with Crippen molar-refractivity contribution in [3.05, 3.63) is 0 Å². The van der Waals surface area contributed by atoms with E-state index in [-0.39, 0.29) is 19.8 Å². The molecule has 0 aliphatic heterocycles. The molecule has 0 aromatic heterocycles. The van der Waals surface area contributed by atoms with Gasteiger partial charge in [-0.1, -0.05) is 0 Å². The maximum absolute atomic E-state index is 11.0. The Labute approximate surface area is 74.3 Å². The molecular formula is C8H15NOSe. The van der Waals surface area contributed by atoms with Gasteiger partial charge in [0, 0.05) is 0 Å². The Hall–Kier alpha value is -0.0105. The third-order valence-electron chi connectivity index (χ3n) is 2.11. The average Bonchev–Trinajstić information content (AvgIpc) is 2.06. The van der Waals surface area contributed by atoms with Crippen molar-refractivity contribution in [1.82, 2.24) is 5.32 Å². The summed E-state index contributed by atoms with van der Waals surface area (Å²) < 4.78 is 0. The summed E-state index contributed by atoms with van der Waals surface area (Å²) in [5.74, 6) is 1.96. The Morgan fingerprint density at radius 1 is 1.36 bits per heavy atom. The second kappa shape index (κ2) is 4.78. The molecule has 1 aliphatic carbocycles. The van der Waals surface area contributed by atoms with Crippen LogP contribution in [0.5, 0.6) is 0 Å². The molecule has 64 valence electrons. The first-order chi connectivity index (χ1) is 5.33. The SMILES string of the molecule is C[Se]C(=O)NC1CCCCC1. The number of carbonyl (C=O) groups excluding carboxylic acids is 1. The van der Waals surface area contributed by atoms with E-state index in [1.54, 1.807) is 0 Å². The molecule has 1 fully saturated rings. The molecule has 0 saturated heterocycles. The molecule has 1 saturated carbocycles. The number of hydrogen-bond acceptors (Lipinski definition) is 1. The number of nitrogens with one attached hydrogen (secondary N) is 1. The van der Waals surface area contributed by atoms with Crippen LogP contribution in [-0.4, -0.2) is 25.8 Å². The van der Waals surface area contributed by atoms with Crippen LogP contribution in [0, 0.1) is 0 Å². The second-order valence-corrected chi connectivity index (χ2v) is 4.61. The van der Waals surface area contributed by atoms with Gasteiger partial charge in [-0.2, -0.15) is 0 Å². The second-order valence-electron chi connectivity index (χ2n) is 2.97. The van der Waals surface area contributed by atoms with Crippen molar-refractivity contribution < 1.29 is 4.79 Å². The number of rotatable bonds is 2. The van der Waals surface area contributed by atoms with E-state index < -0.39 is 0 Å². The fourth-order valence-corrected chi connectivity index (χ4v) is 2.07. The van der Waals surface area contributed by atoms with Crippen molar-refractivity contribution in [3.8, 4) is 0 Å². The van der Waals surface area contributed by atoms with Crippen LogP contribution in [0.2, 0.25) is 5.82 Å². The number of hydrogen-bond donors (Lipinski definition) is 1. The van der Waals surface area contributed by atoms with Crippen LogP contribution < -0.4 is 5.32 Å². The van der Waals surface area contributed by atoms with E-state index in [1.807, 2.05) is 5.82 Å². The van der Waals surface area contributed by atoms with Crippen LogP contribution >= 0.6 is 0 Å². The Balaban J connectivity index is 2.19. The van der Waals surface area contributed by atoms with Crippen LogP contribution in [0.15, 0.2) is 0 Å². The Bertz CT molecular complexity index is 132. The van der Waals surface area contributed by atoms with Gasteiger partial charge in [0.1, 0.15) is 0 Å². The van der Waals surface area contributed by atoms with E-state index in [0.717, 1.165) is 0 Å². The first-order valence-corrected chi connectivity index (χ1v) is 6.74. The van der Waals surface area contributed by atoms with Crippen molar-refractivity contribution >= 4 is 19.8 Å². The molecule has 0 radical (unpaired) electrons. The molecular weight excluding hydrogens is 205 g/mol. The summed E-state index contributed by atoms with van der Waals surface area (Å²) in [6.07, 6.45) is 6.33. The van der Waals surface area contributed by atoms with Gasteiger partial charge < -0.3 is 0 Å². The van der Waals surface area contributed by atoms with Gasteiger partial charge in [0.15, 0.2) is 0 Å². The van der Waals surface area contributed by atoms with Crippen LogP contribution in [0.3, 0.4) is 0 Å². The third-order valence-corrected chi connectivity index (χ3v) is 3.14. The van der Waals surface area contributed by atoms with Crippen LogP contribution in [-0.2, 0) is 0 Å². The van der Waals surface area contributed by atoms with Gasteiger partial charge in [-0.3, -0.25) is 0 Å². The van der Waals surface area contributed by atoms with E-state index in [2.05, 4.69) is 5.32 Å². The van der Waals surface area contributed by atoms with Gasteiger partial charge in [0.05, 0.1) is 0 Å². The zero-order valence-corrected chi connectivity index (χ0v) is 8.64. The predicted molar refractivity (Wildman–Crippen MR) is 47.0 cm³/mol. The molecule has 3 heteroatoms. The fraction of sp³-hybridized carbons (Fsp3) is 0.875. The first-order valence-electron chi connectivity index (χ1n) is 4.17. The number of amides is 1. The molecule has 0 unspecified atom stereocenters. The topological polar surface area (TPSA) is 29.1 Å². The van der Waals surface area contributed by atoms with Gasteiger partial charge in [-0.15, -0.1) is 0 Å².